The zero-order valence-electron chi connectivity index (χ0n) is 21.2. The highest BCUT2D eigenvalue weighted by Gasteiger charge is 2.49. The van der Waals surface area contributed by atoms with Crippen molar-refractivity contribution in [2.24, 2.45) is 18.9 Å². The number of nitrogens with zero attached hydrogens (tertiary/aromatic N) is 4. The molecule has 2 heterocycles. The molecule has 1 aromatic heterocycles. The molecule has 1 unspecified atom stereocenters. The second-order valence-electron chi connectivity index (χ2n) is 10.5. The zero-order chi connectivity index (χ0) is 24.6. The third-order valence-electron chi connectivity index (χ3n) is 8.10. The van der Waals surface area contributed by atoms with Crippen molar-refractivity contribution in [2.75, 3.05) is 13.1 Å². The Bertz CT molecular complexity index is 1220. The number of carbonyl (C=O) groups excluding carboxylic acids is 1. The Kier molecular flexibility index (Phi) is 6.35. The summed E-state index contributed by atoms with van der Waals surface area (Å²) in [5, 5.41) is 9.31. The van der Waals surface area contributed by atoms with E-state index in [1.54, 1.807) is 6.08 Å². The molecule has 0 spiro atoms. The zero-order valence-corrected chi connectivity index (χ0v) is 21.2. The number of aromatic nitrogens is 3. The predicted octanol–water partition coefficient (Wildman–Crippen LogP) is 5.47. The highest BCUT2D eigenvalue weighted by atomic mass is 16.2. The summed E-state index contributed by atoms with van der Waals surface area (Å²) in [4.78, 5) is 14.4. The second kappa shape index (κ2) is 9.44. The quantitative estimate of drug-likeness (QED) is 0.432. The number of rotatable bonds is 7. The van der Waals surface area contributed by atoms with Gasteiger partial charge in [-0.15, -0.1) is 16.8 Å². The molecule has 1 saturated heterocycles. The van der Waals surface area contributed by atoms with Crippen LogP contribution in [-0.2, 0) is 23.7 Å². The van der Waals surface area contributed by atoms with Crippen molar-refractivity contribution in [3.63, 3.8) is 0 Å². The first-order valence-electron chi connectivity index (χ1n) is 12.9. The van der Waals surface area contributed by atoms with Crippen molar-refractivity contribution in [3.8, 4) is 11.4 Å². The molecule has 5 rings (SSSR count). The first-order valence-corrected chi connectivity index (χ1v) is 12.9. The van der Waals surface area contributed by atoms with Gasteiger partial charge < -0.3 is 9.47 Å². The van der Waals surface area contributed by atoms with E-state index in [2.05, 4.69) is 83.8 Å². The van der Waals surface area contributed by atoms with E-state index in [-0.39, 0.29) is 17.2 Å². The molecule has 182 valence electrons. The van der Waals surface area contributed by atoms with Crippen LogP contribution < -0.4 is 0 Å². The summed E-state index contributed by atoms with van der Waals surface area (Å²) >= 11 is 0. The van der Waals surface area contributed by atoms with Gasteiger partial charge in [-0.25, -0.2) is 0 Å². The van der Waals surface area contributed by atoms with Crippen molar-refractivity contribution in [3.05, 3.63) is 83.7 Å². The summed E-state index contributed by atoms with van der Waals surface area (Å²) in [5.41, 5.74) is 5.09. The summed E-state index contributed by atoms with van der Waals surface area (Å²) < 4.78 is 2.19. The van der Waals surface area contributed by atoms with Crippen molar-refractivity contribution < 1.29 is 4.79 Å². The van der Waals surface area contributed by atoms with E-state index >= 15 is 0 Å². The Hall–Kier alpha value is -3.21. The highest BCUT2D eigenvalue weighted by Crippen LogP contribution is 2.53. The molecule has 5 nitrogen and oxygen atoms in total. The first kappa shape index (κ1) is 23.5. The molecule has 3 aromatic rings. The van der Waals surface area contributed by atoms with Crippen molar-refractivity contribution in [1.29, 1.82) is 0 Å². The lowest BCUT2D eigenvalue weighted by Crippen LogP contribution is -2.41. The van der Waals surface area contributed by atoms with Crippen LogP contribution in [0.3, 0.4) is 0 Å². The van der Waals surface area contributed by atoms with E-state index in [0.717, 1.165) is 62.4 Å². The molecular formula is C30H36N4O. The Balaban J connectivity index is 1.28. The van der Waals surface area contributed by atoms with Crippen LogP contribution in [0.2, 0.25) is 0 Å². The van der Waals surface area contributed by atoms with E-state index in [4.69, 9.17) is 0 Å². The lowest BCUT2D eigenvalue weighted by molar-refractivity contribution is -0.134. The predicted molar refractivity (Wildman–Crippen MR) is 140 cm³/mol. The number of likely N-dealkylation sites (tertiary alicyclic amines) is 1. The van der Waals surface area contributed by atoms with Gasteiger partial charge in [0.15, 0.2) is 5.82 Å². The molecule has 0 N–H and O–H groups in total. The maximum Gasteiger partial charge on any atom is 0.229 e. The van der Waals surface area contributed by atoms with Gasteiger partial charge in [-0.05, 0) is 61.6 Å². The minimum Gasteiger partial charge on any atom is -0.342 e. The smallest absolute Gasteiger partial charge is 0.229 e. The van der Waals surface area contributed by atoms with Crippen LogP contribution in [0.25, 0.3) is 11.4 Å². The third kappa shape index (κ3) is 4.44. The monoisotopic (exact) mass is 468 g/mol. The average Bonchev–Trinajstić information content (AvgIpc) is 3.60. The topological polar surface area (TPSA) is 51.0 Å². The summed E-state index contributed by atoms with van der Waals surface area (Å²) in [5.74, 6) is 2.74. The van der Waals surface area contributed by atoms with Gasteiger partial charge in [0.25, 0.3) is 0 Å². The van der Waals surface area contributed by atoms with Crippen molar-refractivity contribution >= 4 is 5.91 Å². The van der Waals surface area contributed by atoms with Gasteiger partial charge in [0.05, 0.1) is 11.3 Å². The fourth-order valence-corrected chi connectivity index (χ4v) is 5.69. The van der Waals surface area contributed by atoms with Gasteiger partial charge in [0.2, 0.25) is 5.91 Å². The Morgan fingerprint density at radius 1 is 1.14 bits per heavy atom. The van der Waals surface area contributed by atoms with Crippen LogP contribution in [0.4, 0.5) is 0 Å². The average molecular weight is 469 g/mol. The summed E-state index contributed by atoms with van der Waals surface area (Å²) in [6, 6.07) is 17.5. The van der Waals surface area contributed by atoms with Gasteiger partial charge in [-0.2, -0.15) is 0 Å². The van der Waals surface area contributed by atoms with E-state index in [0.29, 0.717) is 5.92 Å². The molecule has 1 aliphatic heterocycles. The minimum atomic E-state index is -0.0923. The third-order valence-corrected chi connectivity index (χ3v) is 8.10. The molecule has 1 saturated carbocycles. The molecule has 2 fully saturated rings. The SMILES string of the molecule is C=CC(C)C(=O)N1CCC(Cc2ccc(-c3nnc(C4(c5ccccc5)CC4)n3C)c(C)c2)CC1. The number of piperidine rings is 1. The molecular weight excluding hydrogens is 432 g/mol. The highest BCUT2D eigenvalue weighted by molar-refractivity contribution is 5.80. The minimum absolute atomic E-state index is 0.00875. The Morgan fingerprint density at radius 2 is 1.86 bits per heavy atom. The summed E-state index contributed by atoms with van der Waals surface area (Å²) in [6.07, 6.45) is 7.16. The fourth-order valence-electron chi connectivity index (χ4n) is 5.69. The van der Waals surface area contributed by atoms with E-state index in [1.165, 1.54) is 16.7 Å². The van der Waals surface area contributed by atoms with Crippen molar-refractivity contribution in [2.45, 2.75) is 51.4 Å². The van der Waals surface area contributed by atoms with E-state index < -0.39 is 0 Å². The molecule has 0 radical (unpaired) electrons. The fraction of sp³-hybridized carbons (Fsp3) is 0.433. The second-order valence-corrected chi connectivity index (χ2v) is 10.5. The van der Waals surface area contributed by atoms with Crippen LogP contribution in [0.1, 0.15) is 55.1 Å². The molecule has 2 aromatic carbocycles. The normalized spacial score (nSPS) is 18.3. The van der Waals surface area contributed by atoms with Crippen molar-refractivity contribution in [1.82, 2.24) is 19.7 Å². The molecule has 0 bridgehead atoms. The summed E-state index contributed by atoms with van der Waals surface area (Å²) in [6.45, 7) is 9.57. The molecule has 1 amide bonds. The molecule has 5 heteroatoms. The van der Waals surface area contributed by atoms with Gasteiger partial charge in [0.1, 0.15) is 5.82 Å². The standard InChI is InChI=1S/C30H36N4O/c1-5-21(2)28(35)34-17-13-23(14-18-34)20-24-11-12-26(22(3)19-24)27-31-32-29(33(27)4)30(15-16-30)25-9-7-6-8-10-25/h5-12,19,21,23H,1,13-18,20H2,2-4H3. The lowest BCUT2D eigenvalue weighted by atomic mass is 9.88. The maximum atomic E-state index is 12.4. The van der Waals surface area contributed by atoms with Gasteiger partial charge in [0, 0.05) is 25.7 Å². The number of hydrogen-bond donors (Lipinski definition) is 0. The summed E-state index contributed by atoms with van der Waals surface area (Å²) in [7, 11) is 2.10. The van der Waals surface area contributed by atoms with Gasteiger partial charge in [-0.3, -0.25) is 4.79 Å². The van der Waals surface area contributed by atoms with Gasteiger partial charge in [-0.1, -0.05) is 61.5 Å². The first-order chi connectivity index (χ1) is 16.9. The van der Waals surface area contributed by atoms with Crippen LogP contribution in [0, 0.1) is 18.8 Å². The van der Waals surface area contributed by atoms with E-state index in [9.17, 15) is 4.79 Å². The van der Waals surface area contributed by atoms with Crippen LogP contribution >= 0.6 is 0 Å². The number of benzene rings is 2. The van der Waals surface area contributed by atoms with Crippen LogP contribution in [-0.4, -0.2) is 38.7 Å². The number of amides is 1. The van der Waals surface area contributed by atoms with Crippen LogP contribution in [0.5, 0.6) is 0 Å². The number of hydrogen-bond acceptors (Lipinski definition) is 3. The maximum absolute atomic E-state index is 12.4. The molecule has 1 aliphatic carbocycles. The number of aryl methyl sites for hydroxylation is 1. The lowest BCUT2D eigenvalue weighted by Gasteiger charge is -2.33. The Morgan fingerprint density at radius 3 is 2.49 bits per heavy atom. The molecule has 2 aliphatic rings. The molecule has 35 heavy (non-hydrogen) atoms. The Labute approximate surface area is 208 Å². The van der Waals surface area contributed by atoms with Gasteiger partial charge >= 0.3 is 0 Å². The van der Waals surface area contributed by atoms with Crippen LogP contribution in [0.15, 0.2) is 61.2 Å². The largest absolute Gasteiger partial charge is 0.342 e. The molecule has 1 atom stereocenters. The van der Waals surface area contributed by atoms with E-state index in [1.807, 2.05) is 11.8 Å². The number of carbonyl (C=O) groups is 1.